The van der Waals surface area contributed by atoms with Gasteiger partial charge in [-0.3, -0.25) is 14.6 Å². The van der Waals surface area contributed by atoms with Gasteiger partial charge in [0.05, 0.1) is 11.3 Å². The van der Waals surface area contributed by atoms with Crippen molar-refractivity contribution in [3.05, 3.63) is 59.4 Å². The fourth-order valence-electron chi connectivity index (χ4n) is 3.24. The van der Waals surface area contributed by atoms with Gasteiger partial charge in [0.1, 0.15) is 0 Å². The van der Waals surface area contributed by atoms with Crippen molar-refractivity contribution in [2.24, 2.45) is 0 Å². The average molecular weight is 425 g/mol. The first-order chi connectivity index (χ1) is 12.5. The van der Waals surface area contributed by atoms with Gasteiger partial charge in [-0.15, -0.1) is 24.8 Å². The molecule has 1 aromatic heterocycles. The minimum atomic E-state index is -0.258. The summed E-state index contributed by atoms with van der Waals surface area (Å²) in [5.74, 6) is -0.413. The van der Waals surface area contributed by atoms with Crippen LogP contribution in [0.25, 0.3) is 0 Å². The van der Waals surface area contributed by atoms with Gasteiger partial charge >= 0.3 is 0 Å². The minimum Gasteiger partial charge on any atom is -0.349 e. The Kier molecular flexibility index (Phi) is 9.38. The largest absolute Gasteiger partial charge is 0.349 e. The summed E-state index contributed by atoms with van der Waals surface area (Å²) in [6.07, 6.45) is 4.94. The highest BCUT2D eigenvalue weighted by Crippen LogP contribution is 2.22. The van der Waals surface area contributed by atoms with E-state index < -0.39 is 0 Å². The normalized spacial score (nSPS) is 18.2. The van der Waals surface area contributed by atoms with Crippen molar-refractivity contribution >= 4 is 42.3 Å². The van der Waals surface area contributed by atoms with E-state index >= 15 is 0 Å². The molecule has 2 amide bonds. The highest BCUT2D eigenvalue weighted by molar-refractivity contribution is 6.09. The van der Waals surface area contributed by atoms with E-state index in [1.807, 2.05) is 19.1 Å². The number of piperidine rings is 1. The SMILES string of the molecule is Cc1cccc(C(=O)NC2CCNC(C)C2)c1NC(=O)c1ccncc1.Cl.Cl. The maximum absolute atomic E-state index is 12.8. The molecule has 2 unspecified atom stereocenters. The van der Waals surface area contributed by atoms with Crippen molar-refractivity contribution in [1.82, 2.24) is 15.6 Å². The summed E-state index contributed by atoms with van der Waals surface area (Å²) in [4.78, 5) is 29.2. The molecule has 152 valence electrons. The molecule has 3 rings (SSSR count). The molecule has 2 atom stereocenters. The monoisotopic (exact) mass is 424 g/mol. The van der Waals surface area contributed by atoms with Gasteiger partial charge in [-0.2, -0.15) is 0 Å². The Hall–Kier alpha value is -2.15. The predicted octanol–water partition coefficient (Wildman–Crippen LogP) is 3.36. The summed E-state index contributed by atoms with van der Waals surface area (Å²) in [7, 11) is 0. The number of nitrogens with zero attached hydrogens (tertiary/aromatic N) is 1. The van der Waals surface area contributed by atoms with Gasteiger partial charge < -0.3 is 16.0 Å². The third-order valence-electron chi connectivity index (χ3n) is 4.66. The van der Waals surface area contributed by atoms with E-state index in [1.165, 1.54) is 0 Å². The molecule has 2 aromatic rings. The summed E-state index contributed by atoms with van der Waals surface area (Å²) in [5, 5.41) is 9.36. The summed E-state index contributed by atoms with van der Waals surface area (Å²) >= 11 is 0. The van der Waals surface area contributed by atoms with Crippen molar-refractivity contribution in [3.63, 3.8) is 0 Å². The van der Waals surface area contributed by atoms with Crippen LogP contribution in [-0.4, -0.2) is 35.4 Å². The smallest absolute Gasteiger partial charge is 0.255 e. The molecular weight excluding hydrogens is 399 g/mol. The molecular formula is C20H26Cl2N4O2. The van der Waals surface area contributed by atoms with Crippen molar-refractivity contribution < 1.29 is 9.59 Å². The Morgan fingerprint density at radius 2 is 1.82 bits per heavy atom. The highest BCUT2D eigenvalue weighted by Gasteiger charge is 2.22. The predicted molar refractivity (Wildman–Crippen MR) is 116 cm³/mol. The topological polar surface area (TPSA) is 83.1 Å². The van der Waals surface area contributed by atoms with Gasteiger partial charge in [0.15, 0.2) is 0 Å². The number of carbonyl (C=O) groups excluding carboxylic acids is 2. The lowest BCUT2D eigenvalue weighted by Gasteiger charge is -2.29. The molecule has 0 spiro atoms. The van der Waals surface area contributed by atoms with Crippen molar-refractivity contribution in [2.45, 2.75) is 38.8 Å². The zero-order valence-electron chi connectivity index (χ0n) is 15.9. The summed E-state index contributed by atoms with van der Waals surface area (Å²) in [6.45, 7) is 4.89. The maximum Gasteiger partial charge on any atom is 0.255 e. The second-order valence-corrected chi connectivity index (χ2v) is 6.74. The molecule has 1 saturated heterocycles. The van der Waals surface area contributed by atoms with Crippen LogP contribution < -0.4 is 16.0 Å². The van der Waals surface area contributed by atoms with Crippen LogP contribution >= 0.6 is 24.8 Å². The fourth-order valence-corrected chi connectivity index (χ4v) is 3.24. The Morgan fingerprint density at radius 1 is 1.11 bits per heavy atom. The van der Waals surface area contributed by atoms with Gasteiger partial charge in [0.2, 0.25) is 0 Å². The van der Waals surface area contributed by atoms with Crippen molar-refractivity contribution in [2.75, 3.05) is 11.9 Å². The lowest BCUT2D eigenvalue weighted by Crippen LogP contribution is -2.46. The number of hydrogen-bond acceptors (Lipinski definition) is 4. The van der Waals surface area contributed by atoms with Gasteiger partial charge in [0.25, 0.3) is 11.8 Å². The van der Waals surface area contributed by atoms with Crippen LogP contribution in [0.4, 0.5) is 5.69 Å². The molecule has 0 bridgehead atoms. The minimum absolute atomic E-state index is 0. The number of carbonyl (C=O) groups is 2. The Labute approximate surface area is 177 Å². The van der Waals surface area contributed by atoms with E-state index in [0.717, 1.165) is 24.9 Å². The number of benzene rings is 1. The van der Waals surface area contributed by atoms with Gasteiger partial charge in [0, 0.05) is 30.0 Å². The number of hydrogen-bond donors (Lipinski definition) is 3. The van der Waals surface area contributed by atoms with E-state index in [9.17, 15) is 9.59 Å². The first kappa shape index (κ1) is 23.9. The van der Waals surface area contributed by atoms with Crippen LogP contribution in [0.3, 0.4) is 0 Å². The number of anilines is 1. The third-order valence-corrected chi connectivity index (χ3v) is 4.66. The number of halogens is 2. The fraction of sp³-hybridized carbons (Fsp3) is 0.350. The molecule has 0 radical (unpaired) electrons. The number of rotatable bonds is 4. The second kappa shape index (κ2) is 11.0. The first-order valence-corrected chi connectivity index (χ1v) is 8.90. The van der Waals surface area contributed by atoms with Gasteiger partial charge in [-0.25, -0.2) is 0 Å². The van der Waals surface area contributed by atoms with E-state index in [2.05, 4.69) is 27.9 Å². The molecule has 6 nitrogen and oxygen atoms in total. The number of pyridine rings is 1. The lowest BCUT2D eigenvalue weighted by molar-refractivity contribution is 0.0926. The number of para-hydroxylation sites is 1. The van der Waals surface area contributed by atoms with E-state index in [4.69, 9.17) is 0 Å². The number of amides is 2. The Bertz CT molecular complexity index is 802. The zero-order chi connectivity index (χ0) is 18.5. The standard InChI is InChI=1S/C20H24N4O2.2ClH/c1-13-4-3-5-17(20(26)23-16-8-11-22-14(2)12-16)18(13)24-19(25)15-6-9-21-10-7-15;;/h3-7,9-10,14,16,22H,8,11-12H2,1-2H3,(H,23,26)(H,24,25);2*1H. The summed E-state index contributed by atoms with van der Waals surface area (Å²) < 4.78 is 0. The number of nitrogens with one attached hydrogen (secondary N) is 3. The molecule has 2 heterocycles. The molecule has 1 fully saturated rings. The molecule has 1 aliphatic heterocycles. The van der Waals surface area contributed by atoms with Gasteiger partial charge in [-0.1, -0.05) is 12.1 Å². The van der Waals surface area contributed by atoms with Crippen LogP contribution in [0, 0.1) is 6.92 Å². The highest BCUT2D eigenvalue weighted by atomic mass is 35.5. The zero-order valence-corrected chi connectivity index (χ0v) is 17.5. The molecule has 0 saturated carbocycles. The second-order valence-electron chi connectivity index (χ2n) is 6.74. The summed E-state index contributed by atoms with van der Waals surface area (Å²) in [5.41, 5.74) is 2.38. The van der Waals surface area contributed by atoms with Crippen molar-refractivity contribution in [3.8, 4) is 0 Å². The molecule has 28 heavy (non-hydrogen) atoms. The average Bonchev–Trinajstić information content (AvgIpc) is 2.64. The van der Waals surface area contributed by atoms with Crippen LogP contribution in [0.2, 0.25) is 0 Å². The lowest BCUT2D eigenvalue weighted by atomic mass is 9.99. The molecule has 1 aromatic carbocycles. The summed E-state index contributed by atoms with van der Waals surface area (Å²) in [6, 6.07) is 9.27. The van der Waals surface area contributed by atoms with Crippen LogP contribution in [0.15, 0.2) is 42.7 Å². The third kappa shape index (κ3) is 5.92. The van der Waals surface area contributed by atoms with Crippen LogP contribution in [-0.2, 0) is 0 Å². The Morgan fingerprint density at radius 3 is 2.50 bits per heavy atom. The van der Waals surface area contributed by atoms with Gasteiger partial charge in [-0.05, 0) is 57.0 Å². The molecule has 0 aliphatic carbocycles. The maximum atomic E-state index is 12.8. The van der Waals surface area contributed by atoms with E-state index in [0.29, 0.717) is 22.9 Å². The first-order valence-electron chi connectivity index (χ1n) is 8.90. The molecule has 1 aliphatic rings. The number of aryl methyl sites for hydroxylation is 1. The molecule has 8 heteroatoms. The van der Waals surface area contributed by atoms with Crippen LogP contribution in [0.1, 0.15) is 46.0 Å². The van der Waals surface area contributed by atoms with E-state index in [-0.39, 0.29) is 42.7 Å². The van der Waals surface area contributed by atoms with Crippen molar-refractivity contribution in [1.29, 1.82) is 0 Å². The number of aromatic nitrogens is 1. The Balaban J connectivity index is 0.00000196. The van der Waals surface area contributed by atoms with Crippen LogP contribution in [0.5, 0.6) is 0 Å². The quantitative estimate of drug-likeness (QED) is 0.702. The molecule has 3 N–H and O–H groups in total. The van der Waals surface area contributed by atoms with E-state index in [1.54, 1.807) is 30.6 Å².